The summed E-state index contributed by atoms with van der Waals surface area (Å²) in [5.74, 6) is -1.46. The lowest BCUT2D eigenvalue weighted by Crippen LogP contribution is -2.38. The van der Waals surface area contributed by atoms with Crippen LogP contribution in [0.1, 0.15) is 66.1 Å². The Balaban J connectivity index is 0.000000197. The molecule has 0 radical (unpaired) electrons. The van der Waals surface area contributed by atoms with Gasteiger partial charge in [-0.25, -0.2) is 26.8 Å². The lowest BCUT2D eigenvalue weighted by molar-refractivity contribution is 0.0998. The Hall–Kier alpha value is -5.27. The predicted octanol–water partition coefficient (Wildman–Crippen LogP) is 4.31. The quantitative estimate of drug-likeness (QED) is 0.179. The van der Waals surface area contributed by atoms with Crippen molar-refractivity contribution in [3.8, 4) is 11.5 Å². The van der Waals surface area contributed by atoms with Crippen molar-refractivity contribution in [3.63, 3.8) is 0 Å². The van der Waals surface area contributed by atoms with Gasteiger partial charge < -0.3 is 9.29 Å². The lowest BCUT2D eigenvalue weighted by atomic mass is 10.1. The average molecular weight is 797 g/mol. The highest BCUT2D eigenvalue weighted by atomic mass is 32.2. The van der Waals surface area contributed by atoms with Gasteiger partial charge in [0.05, 0.1) is 11.5 Å². The van der Waals surface area contributed by atoms with Crippen LogP contribution in [0.2, 0.25) is 0 Å². The fourth-order valence-electron chi connectivity index (χ4n) is 6.06. The first-order chi connectivity index (χ1) is 25.5. The van der Waals surface area contributed by atoms with E-state index in [2.05, 4.69) is 19.9 Å². The van der Waals surface area contributed by atoms with Crippen LogP contribution < -0.4 is 12.8 Å². The van der Waals surface area contributed by atoms with Crippen molar-refractivity contribution in [1.82, 2.24) is 19.9 Å². The first kappa shape index (κ1) is 38.5. The van der Waals surface area contributed by atoms with Crippen molar-refractivity contribution < 1.29 is 44.1 Å². The zero-order valence-corrected chi connectivity index (χ0v) is 31.9. The van der Waals surface area contributed by atoms with E-state index in [-0.39, 0.29) is 73.9 Å². The molecular weight excluding hydrogens is 761 g/mol. The molecule has 0 unspecified atom stereocenters. The summed E-state index contributed by atoms with van der Waals surface area (Å²) in [6.07, 6.45) is 5.38. The molecule has 0 amide bonds. The molecule has 19 heteroatoms. The van der Waals surface area contributed by atoms with Gasteiger partial charge in [-0.2, -0.15) is 8.42 Å². The highest BCUT2D eigenvalue weighted by Gasteiger charge is 2.33. The number of nitrogens with zero attached hydrogens (tertiary/aromatic N) is 6. The van der Waals surface area contributed by atoms with Crippen LogP contribution in [0.4, 0.5) is 11.6 Å². The van der Waals surface area contributed by atoms with Crippen LogP contribution in [0.25, 0.3) is 21.8 Å². The number of benzene rings is 1. The number of aryl methyl sites for hydroxylation is 1. The van der Waals surface area contributed by atoms with Crippen LogP contribution in [0.3, 0.4) is 0 Å². The van der Waals surface area contributed by atoms with Gasteiger partial charge in [0.15, 0.2) is 46.1 Å². The van der Waals surface area contributed by atoms with Gasteiger partial charge in [0.25, 0.3) is 0 Å². The molecule has 16 nitrogen and oxygen atoms in total. The van der Waals surface area contributed by atoms with Gasteiger partial charge in [0.2, 0.25) is 20.0 Å². The summed E-state index contributed by atoms with van der Waals surface area (Å²) in [6, 6.07) is 12.5. The molecule has 2 aliphatic heterocycles. The Morgan fingerprint density at radius 3 is 1.70 bits per heavy atom. The van der Waals surface area contributed by atoms with Crippen LogP contribution >= 0.6 is 0 Å². The fourth-order valence-corrected chi connectivity index (χ4v) is 10.2. The number of aromatic nitrogens is 4. The number of sulfonamides is 2. The molecule has 2 saturated heterocycles. The summed E-state index contributed by atoms with van der Waals surface area (Å²) in [5, 5.41) is 10.8. The monoisotopic (exact) mass is 796 g/mol. The third-order valence-electron chi connectivity index (χ3n) is 8.75. The number of fused-ring (bicyclic) bond motifs is 2. The van der Waals surface area contributed by atoms with E-state index in [9.17, 15) is 39.9 Å². The molecule has 5 aromatic rings. The molecule has 1 N–H and O–H groups in total. The molecular formula is C35H36N6O10S3. The number of carbonyl (C=O) groups excluding carboxylic acids is 2. The third-order valence-corrected chi connectivity index (χ3v) is 13.7. The maximum Gasteiger partial charge on any atom is 0.339 e. The zero-order chi connectivity index (χ0) is 39.0. The van der Waals surface area contributed by atoms with Gasteiger partial charge in [-0.1, -0.05) is 17.7 Å². The second kappa shape index (κ2) is 14.9. The van der Waals surface area contributed by atoms with E-state index >= 15 is 0 Å². The highest BCUT2D eigenvalue weighted by molar-refractivity contribution is 7.93. The Bertz CT molecular complexity index is 2640. The molecule has 0 atom stereocenters. The van der Waals surface area contributed by atoms with E-state index in [0.29, 0.717) is 31.2 Å². The summed E-state index contributed by atoms with van der Waals surface area (Å²) in [6.45, 7) is 4.81. The number of anilines is 2. The number of hydrogen-bond acceptors (Lipinski definition) is 14. The van der Waals surface area contributed by atoms with Gasteiger partial charge in [0.1, 0.15) is 15.9 Å². The number of Topliss-reactive ketones (excluding diaryl/α,β-unsaturated/α-hetero) is 2. The van der Waals surface area contributed by atoms with E-state index in [1.807, 2.05) is 6.92 Å². The molecule has 0 aliphatic carbocycles. The number of carbonyl (C=O) groups is 2. The van der Waals surface area contributed by atoms with Crippen LogP contribution in [0.15, 0.2) is 65.8 Å². The number of hydrogen-bond donors (Lipinski definition) is 1. The minimum absolute atomic E-state index is 0.0358. The molecule has 0 saturated carbocycles. The molecule has 6 heterocycles. The number of rotatable bonds is 7. The van der Waals surface area contributed by atoms with Gasteiger partial charge in [-0.15, -0.1) is 0 Å². The summed E-state index contributed by atoms with van der Waals surface area (Å²) in [4.78, 5) is 40.7. The zero-order valence-electron chi connectivity index (χ0n) is 29.5. The van der Waals surface area contributed by atoms with Crippen LogP contribution in [0, 0.1) is 6.92 Å². The van der Waals surface area contributed by atoms with E-state index in [1.54, 1.807) is 36.4 Å². The number of pyridine rings is 4. The Morgan fingerprint density at radius 1 is 0.722 bits per heavy atom. The highest BCUT2D eigenvalue weighted by Crippen LogP contribution is 2.38. The Kier molecular flexibility index (Phi) is 10.6. The second-order valence-corrected chi connectivity index (χ2v) is 18.3. The summed E-state index contributed by atoms with van der Waals surface area (Å²) < 4.78 is 83.6. The standard InChI is InChI=1S/C21H21N3O6S2.C14H15N3O4S/c1-14-7-9-16(10-8-14)32(28,29)30-20-18(15(2)25)23-21(17-6-5-11-22-19(17)20)24-12-3-4-13-31(24,26)27;1-9(18)11-13(19)12-10(5-4-6-15-12)14(16-11)17-7-2-3-8-22(17,20)21/h5-11H,3-4,12-13H2,1-2H3;4-6,19H,2-3,7-8H2,1H3. The van der Waals surface area contributed by atoms with Crippen molar-refractivity contribution in [1.29, 1.82) is 0 Å². The fraction of sp³-hybridized carbons (Fsp3) is 0.314. The Labute approximate surface area is 312 Å². The first-order valence-electron chi connectivity index (χ1n) is 16.8. The minimum Gasteiger partial charge on any atom is -0.504 e. The lowest BCUT2D eigenvalue weighted by Gasteiger charge is -2.28. The minimum atomic E-state index is -4.30. The van der Waals surface area contributed by atoms with Gasteiger partial charge in [-0.05, 0) is 69.0 Å². The Morgan fingerprint density at radius 2 is 1.20 bits per heavy atom. The van der Waals surface area contributed by atoms with E-state index in [4.69, 9.17) is 4.18 Å². The first-order valence-corrected chi connectivity index (χ1v) is 21.4. The summed E-state index contributed by atoms with van der Waals surface area (Å²) >= 11 is 0. The van der Waals surface area contributed by atoms with E-state index in [1.165, 1.54) is 42.7 Å². The maximum atomic E-state index is 12.9. The van der Waals surface area contributed by atoms with Gasteiger partial charge >= 0.3 is 10.1 Å². The van der Waals surface area contributed by atoms with E-state index < -0.39 is 41.7 Å². The molecule has 2 fully saturated rings. The molecule has 4 aromatic heterocycles. The number of aromatic hydroxyl groups is 1. The molecule has 284 valence electrons. The van der Waals surface area contributed by atoms with Crippen LogP contribution in [-0.4, -0.2) is 86.5 Å². The van der Waals surface area contributed by atoms with Crippen molar-refractivity contribution in [2.45, 2.75) is 51.3 Å². The average Bonchev–Trinajstić information content (AvgIpc) is 3.12. The molecule has 54 heavy (non-hydrogen) atoms. The number of ketones is 2. The predicted molar refractivity (Wildman–Crippen MR) is 200 cm³/mol. The summed E-state index contributed by atoms with van der Waals surface area (Å²) in [7, 11) is -11.4. The molecule has 2 aliphatic rings. The van der Waals surface area contributed by atoms with Crippen molar-refractivity contribution >= 4 is 75.2 Å². The van der Waals surface area contributed by atoms with Gasteiger partial charge in [-0.3, -0.25) is 28.2 Å². The van der Waals surface area contributed by atoms with Crippen LogP contribution in [-0.2, 0) is 30.2 Å². The largest absolute Gasteiger partial charge is 0.504 e. The van der Waals surface area contributed by atoms with E-state index in [0.717, 1.165) is 16.3 Å². The van der Waals surface area contributed by atoms with Gasteiger partial charge in [0, 0.05) is 50.1 Å². The second-order valence-electron chi connectivity index (χ2n) is 12.7. The molecule has 7 rings (SSSR count). The topological polar surface area (TPSA) is 224 Å². The smallest absolute Gasteiger partial charge is 0.339 e. The van der Waals surface area contributed by atoms with Crippen molar-refractivity contribution in [2.24, 2.45) is 0 Å². The molecule has 0 spiro atoms. The van der Waals surface area contributed by atoms with Crippen molar-refractivity contribution in [3.05, 3.63) is 77.9 Å². The maximum absolute atomic E-state index is 12.9. The molecule has 1 aromatic carbocycles. The van der Waals surface area contributed by atoms with Crippen molar-refractivity contribution in [2.75, 3.05) is 33.2 Å². The normalized spacial score (nSPS) is 16.7. The molecule has 0 bridgehead atoms. The summed E-state index contributed by atoms with van der Waals surface area (Å²) in [5.41, 5.74) is 0.622. The SMILES string of the molecule is CC(=O)c1nc(N2CCCCS2(=O)=O)c2cccnc2c1O.CC(=O)c1nc(N2CCCCS2(=O)=O)c2cccnc2c1OS(=O)(=O)c1ccc(C)cc1. The van der Waals surface area contributed by atoms with Crippen LogP contribution in [0.5, 0.6) is 11.5 Å². The third kappa shape index (κ3) is 7.56.